The van der Waals surface area contributed by atoms with Crippen LogP contribution in [0, 0.1) is 18.6 Å². The summed E-state index contributed by atoms with van der Waals surface area (Å²) in [5, 5.41) is 0. The average molecular weight is 424 g/mol. The molecule has 0 atom stereocenters. The van der Waals surface area contributed by atoms with Crippen LogP contribution in [0.25, 0.3) is 0 Å². The summed E-state index contributed by atoms with van der Waals surface area (Å²) >= 11 is 0. The van der Waals surface area contributed by atoms with Gasteiger partial charge in [-0.15, -0.1) is 0 Å². The molecule has 10 heteroatoms. The summed E-state index contributed by atoms with van der Waals surface area (Å²) in [5.41, 5.74) is 3.00. The topological polar surface area (TPSA) is 82.6 Å². The lowest BCUT2D eigenvalue weighted by molar-refractivity contribution is 0.0729. The molecular formula is C19H22F2N4O3S. The van der Waals surface area contributed by atoms with Crippen LogP contribution in [0.3, 0.4) is 0 Å². The molecule has 156 valence electrons. The molecule has 0 bridgehead atoms. The zero-order chi connectivity index (χ0) is 21.3. The predicted molar refractivity (Wildman–Crippen MR) is 103 cm³/mol. The van der Waals surface area contributed by atoms with Crippen LogP contribution in [-0.4, -0.2) is 49.2 Å². The number of carbonyl (C=O) groups excluding carboxylic acids is 1. The van der Waals surface area contributed by atoms with Gasteiger partial charge < -0.3 is 4.90 Å². The highest BCUT2D eigenvalue weighted by atomic mass is 32.2. The molecule has 1 aliphatic rings. The number of amides is 1. The summed E-state index contributed by atoms with van der Waals surface area (Å²) in [6.45, 7) is 2.43. The maximum absolute atomic E-state index is 14.0. The quantitative estimate of drug-likeness (QED) is 0.793. The fraction of sp³-hybridized carbons (Fsp3) is 0.368. The standard InChI is InChI=1S/C19H22F2N4O3S/c1-12-17(10-23-29(27,28)24(2)3)15-6-7-25(11-13(15)9-22-12)19(26)16-5-4-14(20)8-18(16)21/h4-5,8-9,23H,6-7,10-11H2,1-3H3. The highest BCUT2D eigenvalue weighted by Gasteiger charge is 2.27. The number of hydrogen-bond acceptors (Lipinski definition) is 4. The Morgan fingerprint density at radius 3 is 2.69 bits per heavy atom. The second kappa shape index (κ2) is 8.13. The average Bonchev–Trinajstić information content (AvgIpc) is 2.66. The highest BCUT2D eigenvalue weighted by molar-refractivity contribution is 7.87. The van der Waals surface area contributed by atoms with E-state index >= 15 is 0 Å². The van der Waals surface area contributed by atoms with E-state index in [1.807, 2.05) is 0 Å². The lowest BCUT2D eigenvalue weighted by Gasteiger charge is -2.30. The van der Waals surface area contributed by atoms with Gasteiger partial charge in [-0.05, 0) is 42.2 Å². The number of pyridine rings is 1. The number of hydrogen-bond donors (Lipinski definition) is 1. The van der Waals surface area contributed by atoms with Crippen LogP contribution < -0.4 is 4.72 Å². The van der Waals surface area contributed by atoms with Crippen LogP contribution >= 0.6 is 0 Å². The zero-order valence-electron chi connectivity index (χ0n) is 16.4. The first-order valence-corrected chi connectivity index (χ1v) is 10.4. The molecule has 0 fully saturated rings. The lowest BCUT2D eigenvalue weighted by atomic mass is 9.94. The Morgan fingerprint density at radius 1 is 1.31 bits per heavy atom. The molecule has 1 aromatic carbocycles. The summed E-state index contributed by atoms with van der Waals surface area (Å²) in [4.78, 5) is 18.5. The van der Waals surface area contributed by atoms with Gasteiger partial charge in [0.05, 0.1) is 5.56 Å². The number of aromatic nitrogens is 1. The van der Waals surface area contributed by atoms with Gasteiger partial charge in [-0.3, -0.25) is 9.78 Å². The van der Waals surface area contributed by atoms with Crippen LogP contribution in [0.4, 0.5) is 8.78 Å². The number of benzene rings is 1. The van der Waals surface area contributed by atoms with E-state index in [0.717, 1.165) is 33.1 Å². The number of fused-ring (bicyclic) bond motifs is 1. The first-order valence-electron chi connectivity index (χ1n) is 8.98. The Bertz CT molecular complexity index is 1060. The number of aryl methyl sites for hydroxylation is 1. The van der Waals surface area contributed by atoms with Crippen molar-refractivity contribution in [3.8, 4) is 0 Å². The van der Waals surface area contributed by atoms with Crippen molar-refractivity contribution in [2.45, 2.75) is 26.4 Å². The molecule has 2 aromatic rings. The summed E-state index contributed by atoms with van der Waals surface area (Å²) in [5.74, 6) is -2.17. The van der Waals surface area contributed by atoms with Crippen LogP contribution in [0.1, 0.15) is 32.7 Å². The van der Waals surface area contributed by atoms with Gasteiger partial charge in [0.2, 0.25) is 0 Å². The Labute approximate surface area is 168 Å². The van der Waals surface area contributed by atoms with Gasteiger partial charge in [0, 0.05) is 51.7 Å². The van der Waals surface area contributed by atoms with Gasteiger partial charge in [0.15, 0.2) is 0 Å². The first-order chi connectivity index (χ1) is 13.6. The first kappa shape index (κ1) is 21.3. The monoisotopic (exact) mass is 424 g/mol. The van der Waals surface area contributed by atoms with Gasteiger partial charge in [-0.2, -0.15) is 17.4 Å². The van der Waals surface area contributed by atoms with Crippen molar-refractivity contribution in [3.05, 3.63) is 64.0 Å². The number of carbonyl (C=O) groups is 1. The van der Waals surface area contributed by atoms with Crippen LogP contribution in [0.2, 0.25) is 0 Å². The van der Waals surface area contributed by atoms with E-state index in [-0.39, 0.29) is 18.7 Å². The van der Waals surface area contributed by atoms with E-state index in [2.05, 4.69) is 9.71 Å². The minimum absolute atomic E-state index is 0.0864. The Kier molecular flexibility index (Phi) is 5.97. The van der Waals surface area contributed by atoms with Crippen molar-refractivity contribution in [2.24, 2.45) is 0 Å². The molecule has 0 saturated heterocycles. The summed E-state index contributed by atoms with van der Waals surface area (Å²) in [6.07, 6.45) is 2.13. The number of nitrogens with zero attached hydrogens (tertiary/aromatic N) is 3. The Hall–Kier alpha value is -2.43. The second-order valence-corrected chi connectivity index (χ2v) is 9.00. The molecule has 0 aliphatic carbocycles. The molecule has 0 radical (unpaired) electrons. The van der Waals surface area contributed by atoms with Gasteiger partial charge in [0.25, 0.3) is 16.1 Å². The van der Waals surface area contributed by atoms with E-state index in [4.69, 9.17) is 0 Å². The van der Waals surface area contributed by atoms with Crippen molar-refractivity contribution < 1.29 is 22.0 Å². The van der Waals surface area contributed by atoms with Crippen molar-refractivity contribution >= 4 is 16.1 Å². The van der Waals surface area contributed by atoms with E-state index in [1.165, 1.54) is 19.0 Å². The molecule has 3 rings (SSSR count). The van der Waals surface area contributed by atoms with Crippen LogP contribution in [-0.2, 0) is 29.7 Å². The van der Waals surface area contributed by atoms with Gasteiger partial charge in [-0.1, -0.05) is 0 Å². The van der Waals surface area contributed by atoms with Gasteiger partial charge in [0.1, 0.15) is 11.6 Å². The van der Waals surface area contributed by atoms with Gasteiger partial charge >= 0.3 is 0 Å². The van der Waals surface area contributed by atoms with E-state index in [9.17, 15) is 22.0 Å². The summed E-state index contributed by atoms with van der Waals surface area (Å²) in [7, 11) is -0.717. The maximum Gasteiger partial charge on any atom is 0.279 e. The smallest absolute Gasteiger partial charge is 0.279 e. The zero-order valence-corrected chi connectivity index (χ0v) is 17.2. The minimum Gasteiger partial charge on any atom is -0.334 e. The molecule has 0 spiro atoms. The lowest BCUT2D eigenvalue weighted by Crippen LogP contribution is -2.38. The third-order valence-corrected chi connectivity index (χ3v) is 6.43. The third kappa shape index (κ3) is 4.44. The van der Waals surface area contributed by atoms with Crippen LogP contribution in [0.15, 0.2) is 24.4 Å². The van der Waals surface area contributed by atoms with E-state index < -0.39 is 27.8 Å². The fourth-order valence-corrected chi connectivity index (χ4v) is 3.84. The number of halogens is 2. The second-order valence-electron chi connectivity index (χ2n) is 7.04. The SMILES string of the molecule is Cc1ncc2c(c1CNS(=O)(=O)N(C)C)CCN(C(=O)c1ccc(F)cc1F)C2. The van der Waals surface area contributed by atoms with Crippen molar-refractivity contribution in [1.29, 1.82) is 0 Å². The van der Waals surface area contributed by atoms with Crippen molar-refractivity contribution in [1.82, 2.24) is 18.9 Å². The van der Waals surface area contributed by atoms with Crippen molar-refractivity contribution in [2.75, 3.05) is 20.6 Å². The van der Waals surface area contributed by atoms with Crippen molar-refractivity contribution in [3.63, 3.8) is 0 Å². The molecule has 0 saturated carbocycles. The molecule has 1 amide bonds. The number of nitrogens with one attached hydrogen (secondary N) is 1. The molecular weight excluding hydrogens is 402 g/mol. The maximum atomic E-state index is 14.0. The number of rotatable bonds is 5. The highest BCUT2D eigenvalue weighted by Crippen LogP contribution is 2.25. The van der Waals surface area contributed by atoms with E-state index in [1.54, 1.807) is 13.1 Å². The Balaban J connectivity index is 1.83. The molecule has 7 nitrogen and oxygen atoms in total. The molecule has 0 unspecified atom stereocenters. The molecule has 1 aliphatic heterocycles. The normalized spacial score (nSPS) is 14.2. The largest absolute Gasteiger partial charge is 0.334 e. The Morgan fingerprint density at radius 2 is 2.03 bits per heavy atom. The van der Waals surface area contributed by atoms with E-state index in [0.29, 0.717) is 24.7 Å². The summed E-state index contributed by atoms with van der Waals surface area (Å²) in [6, 6.07) is 2.87. The third-order valence-electron chi connectivity index (χ3n) is 4.96. The molecule has 1 aromatic heterocycles. The van der Waals surface area contributed by atoms with Gasteiger partial charge in [-0.25, -0.2) is 8.78 Å². The van der Waals surface area contributed by atoms with Crippen LogP contribution in [0.5, 0.6) is 0 Å². The minimum atomic E-state index is -3.59. The fourth-order valence-electron chi connectivity index (χ4n) is 3.26. The summed E-state index contributed by atoms with van der Waals surface area (Å²) < 4.78 is 54.7. The molecule has 29 heavy (non-hydrogen) atoms. The molecule has 1 N–H and O–H groups in total. The predicted octanol–water partition coefficient (Wildman–Crippen LogP) is 1.76. The molecule has 2 heterocycles.